The van der Waals surface area contributed by atoms with Gasteiger partial charge in [-0.2, -0.15) is 0 Å². The minimum Gasteiger partial charge on any atom is -0.550 e. The highest BCUT2D eigenvalue weighted by atomic mass is 16.4. The van der Waals surface area contributed by atoms with E-state index >= 15 is 0 Å². The number of nitrogens with zero attached hydrogens (tertiary/aromatic N) is 1. The van der Waals surface area contributed by atoms with Gasteiger partial charge < -0.3 is 14.8 Å². The van der Waals surface area contributed by atoms with Crippen LogP contribution in [0.15, 0.2) is 0 Å². The molecule has 0 radical (unpaired) electrons. The first kappa shape index (κ1) is 15.5. The first-order chi connectivity index (χ1) is 10.2. The number of fused-ring (bicyclic) bond motifs is 2. The van der Waals surface area contributed by atoms with Gasteiger partial charge in [-0.15, -0.1) is 0 Å². The van der Waals surface area contributed by atoms with E-state index in [9.17, 15) is 19.5 Å². The lowest BCUT2D eigenvalue weighted by molar-refractivity contribution is -0.312. The predicted octanol–water partition coefficient (Wildman–Crippen LogP) is 0.760. The Morgan fingerprint density at radius 1 is 1.14 bits per heavy atom. The van der Waals surface area contributed by atoms with Crippen LogP contribution in [-0.4, -0.2) is 35.6 Å². The summed E-state index contributed by atoms with van der Waals surface area (Å²) in [6.07, 6.45) is 2.79. The molecule has 5 nitrogen and oxygen atoms in total. The van der Waals surface area contributed by atoms with Crippen molar-refractivity contribution in [2.24, 2.45) is 22.2 Å². The lowest BCUT2D eigenvalue weighted by atomic mass is 9.64. The minimum absolute atomic E-state index is 0.0591. The molecule has 22 heavy (non-hydrogen) atoms. The zero-order valence-corrected chi connectivity index (χ0v) is 13.6. The van der Waals surface area contributed by atoms with Crippen molar-refractivity contribution in [3.05, 3.63) is 0 Å². The third-order valence-corrected chi connectivity index (χ3v) is 7.23. The maximum absolute atomic E-state index is 13.2. The van der Waals surface area contributed by atoms with E-state index in [2.05, 4.69) is 13.8 Å². The molecule has 2 atom stereocenters. The lowest BCUT2D eigenvalue weighted by Crippen LogP contribution is -2.52. The Labute approximate surface area is 131 Å². The van der Waals surface area contributed by atoms with Gasteiger partial charge in [0, 0.05) is 36.8 Å². The molecule has 2 aliphatic carbocycles. The predicted molar refractivity (Wildman–Crippen MR) is 77.5 cm³/mol. The Morgan fingerprint density at radius 3 is 2.14 bits per heavy atom. The van der Waals surface area contributed by atoms with Crippen LogP contribution in [0, 0.1) is 22.2 Å². The fourth-order valence-corrected chi connectivity index (χ4v) is 4.95. The molecule has 1 heterocycles. The number of carboxylic acid groups (broad SMARTS) is 1. The van der Waals surface area contributed by atoms with Crippen LogP contribution < -0.4 is 5.11 Å². The van der Waals surface area contributed by atoms with E-state index in [1.807, 2.05) is 6.92 Å². The van der Waals surface area contributed by atoms with Gasteiger partial charge in [0.1, 0.15) is 5.78 Å². The third kappa shape index (κ3) is 1.68. The van der Waals surface area contributed by atoms with Gasteiger partial charge in [0.05, 0.1) is 5.41 Å². The highest BCUT2D eigenvalue weighted by molar-refractivity contribution is 5.99. The number of hydrogen-bond donors (Lipinski definition) is 0. The molecule has 3 aliphatic rings. The highest BCUT2D eigenvalue weighted by Gasteiger charge is 2.73. The summed E-state index contributed by atoms with van der Waals surface area (Å²) in [4.78, 5) is 38.3. The smallest absolute Gasteiger partial charge is 0.229 e. The number of carbonyl (C=O) groups is 3. The second-order valence-corrected chi connectivity index (χ2v) is 8.02. The molecule has 5 heteroatoms. The number of piperidine rings is 1. The highest BCUT2D eigenvalue weighted by Crippen LogP contribution is 2.71. The fraction of sp³-hybridized carbons (Fsp3) is 0.824. The van der Waals surface area contributed by atoms with Crippen LogP contribution in [0.5, 0.6) is 0 Å². The zero-order valence-electron chi connectivity index (χ0n) is 13.6. The summed E-state index contributed by atoms with van der Waals surface area (Å²) in [5.74, 6) is -1.20. The van der Waals surface area contributed by atoms with Crippen molar-refractivity contribution < 1.29 is 19.5 Å². The van der Waals surface area contributed by atoms with Crippen LogP contribution in [-0.2, 0) is 14.4 Å². The van der Waals surface area contributed by atoms with Gasteiger partial charge in [-0.1, -0.05) is 20.8 Å². The van der Waals surface area contributed by atoms with Crippen LogP contribution in [0.3, 0.4) is 0 Å². The monoisotopic (exact) mass is 306 g/mol. The third-order valence-electron chi connectivity index (χ3n) is 7.23. The van der Waals surface area contributed by atoms with Gasteiger partial charge in [-0.3, -0.25) is 9.59 Å². The summed E-state index contributed by atoms with van der Waals surface area (Å²) >= 11 is 0. The topological polar surface area (TPSA) is 77.5 Å². The maximum atomic E-state index is 13.2. The van der Waals surface area contributed by atoms with Crippen LogP contribution in [0.1, 0.15) is 52.9 Å². The normalized spacial score (nSPS) is 37.6. The van der Waals surface area contributed by atoms with Crippen LogP contribution in [0.2, 0.25) is 0 Å². The van der Waals surface area contributed by atoms with E-state index in [1.165, 1.54) is 0 Å². The molecule has 1 amide bonds. The molecule has 0 spiro atoms. The molecule has 2 bridgehead atoms. The van der Waals surface area contributed by atoms with Crippen LogP contribution >= 0.6 is 0 Å². The Kier molecular flexibility index (Phi) is 3.21. The van der Waals surface area contributed by atoms with Crippen LogP contribution in [0.25, 0.3) is 0 Å². The van der Waals surface area contributed by atoms with Crippen LogP contribution in [0.4, 0.5) is 0 Å². The number of carbonyl (C=O) groups excluding carboxylic acids is 3. The van der Waals surface area contributed by atoms with Crippen molar-refractivity contribution in [3.63, 3.8) is 0 Å². The first-order valence-electron chi connectivity index (χ1n) is 8.19. The van der Waals surface area contributed by atoms with Crippen molar-refractivity contribution in [1.29, 1.82) is 0 Å². The number of rotatable bonds is 2. The Bertz CT molecular complexity index is 547. The first-order valence-corrected chi connectivity index (χ1v) is 8.19. The molecule has 3 fully saturated rings. The Balaban J connectivity index is 1.82. The van der Waals surface area contributed by atoms with E-state index < -0.39 is 22.7 Å². The molecule has 2 saturated carbocycles. The molecule has 0 aromatic heterocycles. The molecule has 3 rings (SSSR count). The second kappa shape index (κ2) is 4.56. The van der Waals surface area contributed by atoms with Gasteiger partial charge in [0.2, 0.25) is 5.91 Å². The van der Waals surface area contributed by atoms with E-state index in [0.29, 0.717) is 32.4 Å². The number of carboxylic acids is 1. The molecule has 0 unspecified atom stereocenters. The number of Topliss-reactive ketones (excluding diaryl/α,β-unsaturated/α-hetero) is 1. The van der Waals surface area contributed by atoms with Gasteiger partial charge in [-0.05, 0) is 31.1 Å². The van der Waals surface area contributed by atoms with Gasteiger partial charge in [0.25, 0.3) is 0 Å². The molecular formula is C17H24NO4-. The van der Waals surface area contributed by atoms with Gasteiger partial charge in [0.15, 0.2) is 0 Å². The zero-order chi connectivity index (χ0) is 16.3. The van der Waals surface area contributed by atoms with E-state index in [0.717, 1.165) is 12.8 Å². The average Bonchev–Trinajstić information content (AvgIpc) is 2.77. The number of aliphatic carboxylic acids is 1. The van der Waals surface area contributed by atoms with Gasteiger partial charge >= 0.3 is 0 Å². The largest absolute Gasteiger partial charge is 0.550 e. The van der Waals surface area contributed by atoms with Gasteiger partial charge in [-0.25, -0.2) is 0 Å². The molecule has 0 N–H and O–H groups in total. The summed E-state index contributed by atoms with van der Waals surface area (Å²) in [5, 5.41) is 10.9. The Morgan fingerprint density at radius 2 is 1.73 bits per heavy atom. The summed E-state index contributed by atoms with van der Waals surface area (Å²) in [6.45, 7) is 7.02. The summed E-state index contributed by atoms with van der Waals surface area (Å²) in [6, 6.07) is 0. The van der Waals surface area contributed by atoms with Crippen molar-refractivity contribution in [2.75, 3.05) is 13.1 Å². The number of ketones is 1. The van der Waals surface area contributed by atoms with Crippen molar-refractivity contribution >= 4 is 17.7 Å². The second-order valence-electron chi connectivity index (χ2n) is 8.02. The molecule has 0 aromatic rings. The SMILES string of the molecule is CC1(C)[C@]2(C(=O)N3CCC(C(=O)[O-])CC3)CC[C@@]1(C)C(=O)C2. The fourth-order valence-electron chi connectivity index (χ4n) is 4.95. The van der Waals surface area contributed by atoms with E-state index in [-0.39, 0.29) is 17.1 Å². The Hall–Kier alpha value is -1.39. The summed E-state index contributed by atoms with van der Waals surface area (Å²) in [5.41, 5.74) is -1.32. The molecule has 1 aliphatic heterocycles. The molecule has 122 valence electrons. The quantitative estimate of drug-likeness (QED) is 0.754. The van der Waals surface area contributed by atoms with Crippen molar-refractivity contribution in [3.8, 4) is 0 Å². The molecule has 0 aromatic carbocycles. The van der Waals surface area contributed by atoms with Crippen molar-refractivity contribution in [2.45, 2.75) is 52.9 Å². The van der Waals surface area contributed by atoms with Crippen molar-refractivity contribution in [1.82, 2.24) is 4.90 Å². The lowest BCUT2D eigenvalue weighted by Gasteiger charge is -2.43. The average molecular weight is 306 g/mol. The number of amides is 1. The molecular weight excluding hydrogens is 282 g/mol. The van der Waals surface area contributed by atoms with E-state index in [1.54, 1.807) is 4.90 Å². The number of hydrogen-bond acceptors (Lipinski definition) is 4. The maximum Gasteiger partial charge on any atom is 0.229 e. The number of likely N-dealkylation sites (tertiary alicyclic amines) is 1. The summed E-state index contributed by atoms with van der Waals surface area (Å²) < 4.78 is 0. The summed E-state index contributed by atoms with van der Waals surface area (Å²) in [7, 11) is 0. The standard InChI is InChI=1S/C17H25NO4/c1-15(2)16(3)6-7-17(15,10-12(16)19)14(22)18-8-4-11(5-9-18)13(20)21/h11H,4-10H2,1-3H3,(H,20,21)/p-1/t16-,17+/m0/s1. The van der Waals surface area contributed by atoms with E-state index in [4.69, 9.17) is 0 Å². The minimum atomic E-state index is -1.02. The molecule has 1 saturated heterocycles.